The quantitative estimate of drug-likeness (QED) is 0.580. The summed E-state index contributed by atoms with van der Waals surface area (Å²) in [6, 6.07) is 8.81. The highest BCUT2D eigenvalue weighted by molar-refractivity contribution is 6.44. The van der Waals surface area contributed by atoms with Gasteiger partial charge in [-0.15, -0.1) is 0 Å². The molecule has 1 heterocycles. The molecule has 0 aliphatic carbocycles. The summed E-state index contributed by atoms with van der Waals surface area (Å²) >= 11 is 12.0. The predicted molar refractivity (Wildman–Crippen MR) is 105 cm³/mol. The Balaban J connectivity index is 1.79. The summed E-state index contributed by atoms with van der Waals surface area (Å²) in [6.45, 7) is 0.108. The number of hydrogen-bond donors (Lipinski definition) is 1. The molecule has 3 rings (SSSR count). The Morgan fingerprint density at radius 1 is 1.32 bits per heavy atom. The van der Waals surface area contributed by atoms with Crippen molar-refractivity contribution in [3.05, 3.63) is 56.6 Å². The molecular formula is C18H15Cl2N3O5. The van der Waals surface area contributed by atoms with Gasteiger partial charge in [-0.1, -0.05) is 29.3 Å². The van der Waals surface area contributed by atoms with Crippen molar-refractivity contribution in [1.82, 2.24) is 0 Å². The van der Waals surface area contributed by atoms with Crippen molar-refractivity contribution in [2.24, 2.45) is 5.92 Å². The second-order valence-corrected chi connectivity index (χ2v) is 6.89. The van der Waals surface area contributed by atoms with Crippen molar-refractivity contribution >= 4 is 52.1 Å². The van der Waals surface area contributed by atoms with Gasteiger partial charge in [-0.2, -0.15) is 0 Å². The number of hydrogen-bond acceptors (Lipinski definition) is 5. The van der Waals surface area contributed by atoms with E-state index in [0.717, 1.165) is 0 Å². The molecule has 1 aliphatic rings. The smallest absolute Gasteiger partial charge is 0.273 e. The molecule has 28 heavy (non-hydrogen) atoms. The molecule has 8 nitrogen and oxygen atoms in total. The van der Waals surface area contributed by atoms with Gasteiger partial charge < -0.3 is 15.0 Å². The average molecular weight is 424 g/mol. The maximum atomic E-state index is 12.6. The molecule has 1 atom stereocenters. The minimum absolute atomic E-state index is 0.00976. The molecule has 0 unspecified atom stereocenters. The van der Waals surface area contributed by atoms with Crippen molar-refractivity contribution in [3.8, 4) is 5.75 Å². The maximum absolute atomic E-state index is 12.6. The number of rotatable bonds is 5. The van der Waals surface area contributed by atoms with E-state index in [1.54, 1.807) is 18.2 Å². The van der Waals surface area contributed by atoms with E-state index in [4.69, 9.17) is 27.9 Å². The van der Waals surface area contributed by atoms with Gasteiger partial charge in [0, 0.05) is 19.0 Å². The summed E-state index contributed by atoms with van der Waals surface area (Å²) in [4.78, 5) is 36.8. The fourth-order valence-corrected chi connectivity index (χ4v) is 3.30. The summed E-state index contributed by atoms with van der Waals surface area (Å²) in [5, 5.41) is 14.1. The zero-order valence-corrected chi connectivity index (χ0v) is 16.2. The minimum Gasteiger partial charge on any atom is -0.494 e. The molecule has 0 aromatic heterocycles. The van der Waals surface area contributed by atoms with Crippen LogP contribution >= 0.6 is 23.2 Å². The summed E-state index contributed by atoms with van der Waals surface area (Å²) < 4.78 is 5.19. The van der Waals surface area contributed by atoms with Gasteiger partial charge in [-0.3, -0.25) is 19.7 Å². The molecule has 0 saturated carbocycles. The first-order chi connectivity index (χ1) is 13.3. The van der Waals surface area contributed by atoms with Crippen molar-refractivity contribution in [1.29, 1.82) is 0 Å². The van der Waals surface area contributed by atoms with Crippen LogP contribution < -0.4 is 15.0 Å². The van der Waals surface area contributed by atoms with Crippen LogP contribution in [0, 0.1) is 16.0 Å². The first-order valence-electron chi connectivity index (χ1n) is 8.19. The largest absolute Gasteiger partial charge is 0.494 e. The highest BCUT2D eigenvalue weighted by Gasteiger charge is 2.36. The molecule has 1 fully saturated rings. The number of nitrogens with zero attached hydrogens (tertiary/aromatic N) is 2. The molecule has 0 bridgehead atoms. The molecule has 2 amide bonds. The Bertz CT molecular complexity index is 966. The van der Waals surface area contributed by atoms with Crippen LogP contribution in [0.1, 0.15) is 6.42 Å². The number of non-ortho nitro benzene ring substituents is 1. The summed E-state index contributed by atoms with van der Waals surface area (Å²) in [5.74, 6) is -1.10. The number of amides is 2. The van der Waals surface area contributed by atoms with E-state index in [2.05, 4.69) is 5.32 Å². The molecule has 2 aromatic rings. The highest BCUT2D eigenvalue weighted by atomic mass is 35.5. The van der Waals surface area contributed by atoms with Gasteiger partial charge in [0.2, 0.25) is 11.8 Å². The Morgan fingerprint density at radius 2 is 2.07 bits per heavy atom. The summed E-state index contributed by atoms with van der Waals surface area (Å²) in [5.41, 5.74) is 0.573. The van der Waals surface area contributed by atoms with Gasteiger partial charge in [0.15, 0.2) is 0 Å². The van der Waals surface area contributed by atoms with Crippen molar-refractivity contribution in [2.45, 2.75) is 6.42 Å². The molecule has 1 aliphatic heterocycles. The fourth-order valence-electron chi connectivity index (χ4n) is 2.95. The number of halogens is 2. The van der Waals surface area contributed by atoms with Crippen LogP contribution in [0.25, 0.3) is 0 Å². The number of methoxy groups -OCH3 is 1. The fraction of sp³-hybridized carbons (Fsp3) is 0.222. The predicted octanol–water partition coefficient (Wildman–Crippen LogP) is 3.90. The van der Waals surface area contributed by atoms with Crippen LogP contribution in [0.2, 0.25) is 10.0 Å². The number of nitro groups is 1. The Kier molecular flexibility index (Phi) is 5.71. The zero-order valence-electron chi connectivity index (χ0n) is 14.6. The van der Waals surface area contributed by atoms with E-state index in [1.807, 2.05) is 0 Å². The molecule has 2 aromatic carbocycles. The number of ether oxygens (including phenoxy) is 1. The number of carbonyl (C=O) groups is 2. The van der Waals surface area contributed by atoms with E-state index in [0.29, 0.717) is 16.4 Å². The lowest BCUT2D eigenvalue weighted by atomic mass is 10.1. The molecule has 1 saturated heterocycles. The topological polar surface area (TPSA) is 102 Å². The Morgan fingerprint density at radius 3 is 2.75 bits per heavy atom. The van der Waals surface area contributed by atoms with Gasteiger partial charge in [0.05, 0.1) is 45.4 Å². The van der Waals surface area contributed by atoms with Gasteiger partial charge in [-0.25, -0.2) is 0 Å². The van der Waals surface area contributed by atoms with Gasteiger partial charge in [0.1, 0.15) is 5.75 Å². The second-order valence-electron chi connectivity index (χ2n) is 6.11. The van der Waals surface area contributed by atoms with Crippen LogP contribution in [-0.2, 0) is 9.59 Å². The number of nitro benzene ring substituents is 1. The van der Waals surface area contributed by atoms with E-state index in [-0.39, 0.29) is 41.2 Å². The molecule has 10 heteroatoms. The van der Waals surface area contributed by atoms with E-state index in [9.17, 15) is 19.7 Å². The van der Waals surface area contributed by atoms with Crippen LogP contribution in [0.4, 0.5) is 17.1 Å². The maximum Gasteiger partial charge on any atom is 0.273 e. The zero-order chi connectivity index (χ0) is 20.4. The molecule has 146 valence electrons. The third-order valence-corrected chi connectivity index (χ3v) is 5.19. The Labute approximate surface area is 170 Å². The number of nitrogens with one attached hydrogen (secondary N) is 1. The van der Waals surface area contributed by atoms with E-state index in [1.165, 1.54) is 30.2 Å². The first kappa shape index (κ1) is 19.9. The molecule has 0 radical (unpaired) electrons. The van der Waals surface area contributed by atoms with Gasteiger partial charge in [-0.05, 0) is 18.2 Å². The third-order valence-electron chi connectivity index (χ3n) is 4.37. The van der Waals surface area contributed by atoms with Crippen molar-refractivity contribution in [2.75, 3.05) is 23.9 Å². The molecule has 1 N–H and O–H groups in total. The van der Waals surface area contributed by atoms with Crippen molar-refractivity contribution < 1.29 is 19.2 Å². The number of carbonyl (C=O) groups excluding carboxylic acids is 2. The van der Waals surface area contributed by atoms with Crippen molar-refractivity contribution in [3.63, 3.8) is 0 Å². The van der Waals surface area contributed by atoms with Gasteiger partial charge in [0.25, 0.3) is 5.69 Å². The van der Waals surface area contributed by atoms with E-state index < -0.39 is 10.8 Å². The standard InChI is InChI=1S/C18H15Cl2N3O5/c1-28-15-8-11(23(26)27)5-6-14(15)22-9-10(7-16(22)24)18(25)21-13-4-2-3-12(19)17(13)20/h2-6,8,10H,7,9H2,1H3,(H,21,25)/t10-/m1/s1. The highest BCUT2D eigenvalue weighted by Crippen LogP contribution is 2.36. The van der Waals surface area contributed by atoms with Crippen LogP contribution in [0.5, 0.6) is 5.75 Å². The monoisotopic (exact) mass is 423 g/mol. The Hall–Kier alpha value is -2.84. The molecule has 0 spiro atoms. The lowest BCUT2D eigenvalue weighted by molar-refractivity contribution is -0.384. The number of anilines is 2. The molecular weight excluding hydrogens is 409 g/mol. The van der Waals surface area contributed by atoms with Crippen LogP contribution in [-0.4, -0.2) is 30.4 Å². The average Bonchev–Trinajstić information content (AvgIpc) is 3.06. The van der Waals surface area contributed by atoms with Crippen LogP contribution in [0.15, 0.2) is 36.4 Å². The number of benzene rings is 2. The third kappa shape index (κ3) is 3.88. The summed E-state index contributed by atoms with van der Waals surface area (Å²) in [6.07, 6.45) is -0.00976. The summed E-state index contributed by atoms with van der Waals surface area (Å²) in [7, 11) is 1.36. The minimum atomic E-state index is -0.623. The lowest BCUT2D eigenvalue weighted by Gasteiger charge is -2.19. The second kappa shape index (κ2) is 8.04. The van der Waals surface area contributed by atoms with Crippen LogP contribution in [0.3, 0.4) is 0 Å². The van der Waals surface area contributed by atoms with E-state index >= 15 is 0 Å². The first-order valence-corrected chi connectivity index (χ1v) is 8.95. The SMILES string of the molecule is COc1cc([N+](=O)[O-])ccc1N1C[C@H](C(=O)Nc2cccc(Cl)c2Cl)CC1=O. The normalized spacial score (nSPS) is 16.2. The lowest BCUT2D eigenvalue weighted by Crippen LogP contribution is -2.28. The van der Waals surface area contributed by atoms with Gasteiger partial charge >= 0.3 is 0 Å².